The van der Waals surface area contributed by atoms with Gasteiger partial charge in [0.25, 0.3) is 0 Å². The van der Waals surface area contributed by atoms with E-state index in [9.17, 15) is 4.79 Å². The Morgan fingerprint density at radius 2 is 2.15 bits per heavy atom. The SMILES string of the molecule is CCCSc1ccc(N)c(NC(=O)NC2CCCC2)c1. The smallest absolute Gasteiger partial charge is 0.319 e. The van der Waals surface area contributed by atoms with Crippen molar-refractivity contribution >= 4 is 29.2 Å². The Bertz CT molecular complexity index is 458. The lowest BCUT2D eigenvalue weighted by Gasteiger charge is -2.14. The molecule has 0 spiro atoms. The number of rotatable bonds is 5. The van der Waals surface area contributed by atoms with Gasteiger partial charge >= 0.3 is 6.03 Å². The largest absolute Gasteiger partial charge is 0.397 e. The van der Waals surface area contributed by atoms with Crippen LogP contribution in [0.3, 0.4) is 0 Å². The molecule has 0 heterocycles. The molecule has 0 bridgehead atoms. The maximum absolute atomic E-state index is 12.0. The van der Waals surface area contributed by atoms with E-state index in [-0.39, 0.29) is 6.03 Å². The minimum Gasteiger partial charge on any atom is -0.397 e. The predicted octanol–water partition coefficient (Wildman–Crippen LogP) is 3.84. The van der Waals surface area contributed by atoms with Crippen LogP contribution >= 0.6 is 11.8 Å². The van der Waals surface area contributed by atoms with Gasteiger partial charge in [-0.2, -0.15) is 0 Å². The van der Waals surface area contributed by atoms with Crippen LogP contribution in [0.1, 0.15) is 39.0 Å². The van der Waals surface area contributed by atoms with E-state index in [1.54, 1.807) is 11.8 Å². The van der Waals surface area contributed by atoms with E-state index in [2.05, 4.69) is 17.6 Å². The Hall–Kier alpha value is -1.36. The molecular weight excluding hydrogens is 270 g/mol. The molecular formula is C15H23N3OS. The number of benzene rings is 1. The molecule has 1 aliphatic carbocycles. The van der Waals surface area contributed by atoms with Gasteiger partial charge in [-0.05, 0) is 43.2 Å². The van der Waals surface area contributed by atoms with Crippen molar-refractivity contribution in [2.24, 2.45) is 0 Å². The maximum atomic E-state index is 12.0. The van der Waals surface area contributed by atoms with E-state index in [1.807, 2.05) is 18.2 Å². The van der Waals surface area contributed by atoms with E-state index >= 15 is 0 Å². The number of hydrogen-bond donors (Lipinski definition) is 3. The van der Waals surface area contributed by atoms with E-state index in [4.69, 9.17) is 5.73 Å². The van der Waals surface area contributed by atoms with Crippen molar-refractivity contribution in [1.29, 1.82) is 0 Å². The molecule has 1 saturated carbocycles. The molecule has 1 aliphatic rings. The number of nitrogens with two attached hydrogens (primary N) is 1. The third kappa shape index (κ3) is 4.34. The van der Waals surface area contributed by atoms with Crippen molar-refractivity contribution in [1.82, 2.24) is 5.32 Å². The number of nitrogens with one attached hydrogen (secondary N) is 2. The molecule has 20 heavy (non-hydrogen) atoms. The summed E-state index contributed by atoms with van der Waals surface area (Å²) in [7, 11) is 0. The average molecular weight is 293 g/mol. The lowest BCUT2D eigenvalue weighted by molar-refractivity contribution is 0.248. The Balaban J connectivity index is 1.94. The van der Waals surface area contributed by atoms with Crippen LogP contribution in [-0.4, -0.2) is 17.8 Å². The van der Waals surface area contributed by atoms with Gasteiger partial charge < -0.3 is 16.4 Å². The van der Waals surface area contributed by atoms with Crippen LogP contribution in [-0.2, 0) is 0 Å². The summed E-state index contributed by atoms with van der Waals surface area (Å²) in [5.74, 6) is 1.07. The zero-order valence-electron chi connectivity index (χ0n) is 11.9. The first-order chi connectivity index (χ1) is 9.69. The van der Waals surface area contributed by atoms with Crippen LogP contribution in [0.2, 0.25) is 0 Å². The van der Waals surface area contributed by atoms with Crippen LogP contribution in [0.15, 0.2) is 23.1 Å². The van der Waals surface area contributed by atoms with Gasteiger partial charge in [0.15, 0.2) is 0 Å². The zero-order valence-corrected chi connectivity index (χ0v) is 12.8. The number of carbonyl (C=O) groups excluding carboxylic acids is 1. The van der Waals surface area contributed by atoms with Crippen molar-refractivity contribution in [2.45, 2.75) is 50.0 Å². The van der Waals surface area contributed by atoms with Crippen molar-refractivity contribution in [3.05, 3.63) is 18.2 Å². The summed E-state index contributed by atoms with van der Waals surface area (Å²) in [5, 5.41) is 5.87. The van der Waals surface area contributed by atoms with Gasteiger partial charge in [0.05, 0.1) is 11.4 Å². The molecule has 110 valence electrons. The van der Waals surface area contributed by atoms with E-state index in [0.29, 0.717) is 17.4 Å². The number of amides is 2. The highest BCUT2D eigenvalue weighted by molar-refractivity contribution is 7.99. The maximum Gasteiger partial charge on any atom is 0.319 e. The zero-order chi connectivity index (χ0) is 14.4. The van der Waals surface area contributed by atoms with Crippen molar-refractivity contribution in [2.75, 3.05) is 16.8 Å². The normalized spacial score (nSPS) is 15.2. The van der Waals surface area contributed by atoms with Gasteiger partial charge in [0, 0.05) is 10.9 Å². The van der Waals surface area contributed by atoms with Gasteiger partial charge in [-0.25, -0.2) is 4.79 Å². The lowest BCUT2D eigenvalue weighted by Crippen LogP contribution is -2.36. The summed E-state index contributed by atoms with van der Waals surface area (Å²) in [6, 6.07) is 5.96. The van der Waals surface area contributed by atoms with E-state index in [1.165, 1.54) is 12.8 Å². The molecule has 0 unspecified atom stereocenters. The molecule has 1 aromatic carbocycles. The molecule has 0 saturated heterocycles. The molecule has 0 aliphatic heterocycles. The highest BCUT2D eigenvalue weighted by Gasteiger charge is 2.17. The topological polar surface area (TPSA) is 67.1 Å². The first-order valence-electron chi connectivity index (χ1n) is 7.29. The van der Waals surface area contributed by atoms with Crippen LogP contribution < -0.4 is 16.4 Å². The summed E-state index contributed by atoms with van der Waals surface area (Å²) in [6.45, 7) is 2.15. The second-order valence-corrected chi connectivity index (χ2v) is 6.35. The number of hydrogen-bond acceptors (Lipinski definition) is 3. The average Bonchev–Trinajstić information content (AvgIpc) is 2.92. The summed E-state index contributed by atoms with van der Waals surface area (Å²) in [6.07, 6.45) is 5.69. The van der Waals surface area contributed by atoms with Crippen LogP contribution in [0.5, 0.6) is 0 Å². The first-order valence-corrected chi connectivity index (χ1v) is 8.27. The van der Waals surface area contributed by atoms with Gasteiger partial charge in [0.1, 0.15) is 0 Å². The molecule has 2 rings (SSSR count). The third-order valence-electron chi connectivity index (χ3n) is 3.44. The second-order valence-electron chi connectivity index (χ2n) is 5.18. The van der Waals surface area contributed by atoms with Gasteiger partial charge in [-0.15, -0.1) is 11.8 Å². The fraction of sp³-hybridized carbons (Fsp3) is 0.533. The van der Waals surface area contributed by atoms with E-state index < -0.39 is 0 Å². The number of anilines is 2. The Kier molecular flexibility index (Phi) is 5.59. The highest BCUT2D eigenvalue weighted by Crippen LogP contribution is 2.27. The molecule has 1 aromatic rings. The second kappa shape index (κ2) is 7.43. The molecule has 0 atom stereocenters. The lowest BCUT2D eigenvalue weighted by atomic mass is 10.2. The van der Waals surface area contributed by atoms with Crippen molar-refractivity contribution < 1.29 is 4.79 Å². The van der Waals surface area contributed by atoms with E-state index in [0.717, 1.165) is 29.9 Å². The summed E-state index contributed by atoms with van der Waals surface area (Å²) >= 11 is 1.78. The Morgan fingerprint density at radius 1 is 1.40 bits per heavy atom. The van der Waals surface area contributed by atoms with Crippen LogP contribution in [0.25, 0.3) is 0 Å². The predicted molar refractivity (Wildman–Crippen MR) is 86.3 cm³/mol. The third-order valence-corrected chi connectivity index (χ3v) is 4.64. The minimum absolute atomic E-state index is 0.152. The van der Waals surface area contributed by atoms with Crippen LogP contribution in [0, 0.1) is 0 Å². The molecule has 2 amide bonds. The molecule has 0 aromatic heterocycles. The summed E-state index contributed by atoms with van der Waals surface area (Å²) in [4.78, 5) is 13.1. The standard InChI is InChI=1S/C15H23N3OS/c1-2-9-20-12-7-8-13(16)14(10-12)18-15(19)17-11-5-3-4-6-11/h7-8,10-11H,2-6,9,16H2,1H3,(H2,17,18,19). The fourth-order valence-electron chi connectivity index (χ4n) is 2.37. The fourth-order valence-corrected chi connectivity index (χ4v) is 3.17. The number of nitrogen functional groups attached to an aromatic ring is 1. The van der Waals surface area contributed by atoms with Gasteiger partial charge in [0.2, 0.25) is 0 Å². The summed E-state index contributed by atoms with van der Waals surface area (Å²) in [5.41, 5.74) is 7.22. The first kappa shape index (κ1) is 15.0. The van der Waals surface area contributed by atoms with Crippen molar-refractivity contribution in [3.8, 4) is 0 Å². The molecule has 1 fully saturated rings. The van der Waals surface area contributed by atoms with Crippen LogP contribution in [0.4, 0.5) is 16.2 Å². The highest BCUT2D eigenvalue weighted by atomic mass is 32.2. The molecule has 4 nitrogen and oxygen atoms in total. The molecule has 4 N–H and O–H groups in total. The quantitative estimate of drug-likeness (QED) is 0.571. The minimum atomic E-state index is -0.152. The molecule has 5 heteroatoms. The Morgan fingerprint density at radius 3 is 2.85 bits per heavy atom. The Labute approximate surface area is 124 Å². The van der Waals surface area contributed by atoms with Gasteiger partial charge in [-0.1, -0.05) is 19.8 Å². The number of thioether (sulfide) groups is 1. The number of urea groups is 1. The monoisotopic (exact) mass is 293 g/mol. The summed E-state index contributed by atoms with van der Waals surface area (Å²) < 4.78 is 0. The van der Waals surface area contributed by atoms with Gasteiger partial charge in [-0.3, -0.25) is 0 Å². The van der Waals surface area contributed by atoms with Crippen molar-refractivity contribution in [3.63, 3.8) is 0 Å². The number of carbonyl (C=O) groups is 1. The molecule has 0 radical (unpaired) electrons.